The van der Waals surface area contributed by atoms with Gasteiger partial charge in [-0.05, 0) is 43.2 Å². The number of amides is 1. The first-order valence-electron chi connectivity index (χ1n) is 9.18. The van der Waals surface area contributed by atoms with Crippen molar-refractivity contribution in [1.29, 1.82) is 0 Å². The Hall–Kier alpha value is -3.22. The minimum absolute atomic E-state index is 0.0897. The maximum Gasteiger partial charge on any atom is 0.252 e. The lowest BCUT2D eigenvalue weighted by atomic mass is 10.1. The number of carbonyl (C=O) groups excluding carboxylic acids is 1. The van der Waals surface area contributed by atoms with Crippen LogP contribution in [0.5, 0.6) is 0 Å². The largest absolute Gasteiger partial charge is 0.352 e. The minimum Gasteiger partial charge on any atom is -0.352 e. The Labute approximate surface area is 158 Å². The number of aryl methyl sites for hydroxylation is 1. The Morgan fingerprint density at radius 3 is 2.74 bits per heavy atom. The summed E-state index contributed by atoms with van der Waals surface area (Å²) in [5, 5.41) is 7.21. The predicted molar refractivity (Wildman–Crippen MR) is 103 cm³/mol. The average molecular weight is 362 g/mol. The second-order valence-corrected chi connectivity index (χ2v) is 6.63. The quantitative estimate of drug-likeness (QED) is 0.652. The number of pyridine rings is 2. The number of carbonyl (C=O) groups is 1. The molecule has 7 nitrogen and oxygen atoms in total. The summed E-state index contributed by atoms with van der Waals surface area (Å²) in [5.74, 6) is 0.804. The van der Waals surface area contributed by atoms with E-state index in [0.29, 0.717) is 18.2 Å². The van der Waals surface area contributed by atoms with Gasteiger partial charge >= 0.3 is 0 Å². The van der Waals surface area contributed by atoms with E-state index in [1.54, 1.807) is 18.6 Å². The van der Waals surface area contributed by atoms with Gasteiger partial charge in [0.2, 0.25) is 0 Å². The molecule has 1 aliphatic heterocycles. The fourth-order valence-corrected chi connectivity index (χ4v) is 3.13. The van der Waals surface area contributed by atoms with Crippen LogP contribution < -0.4 is 10.2 Å². The second kappa shape index (κ2) is 7.99. The first-order valence-corrected chi connectivity index (χ1v) is 9.18. The molecule has 1 aliphatic rings. The van der Waals surface area contributed by atoms with Gasteiger partial charge in [0.05, 0.1) is 11.6 Å². The van der Waals surface area contributed by atoms with Crippen molar-refractivity contribution in [2.75, 3.05) is 24.5 Å². The molecule has 0 unspecified atom stereocenters. The maximum atomic E-state index is 12.2. The summed E-state index contributed by atoms with van der Waals surface area (Å²) in [7, 11) is 0. The van der Waals surface area contributed by atoms with E-state index in [9.17, 15) is 4.79 Å². The van der Waals surface area contributed by atoms with Crippen LogP contribution in [0.25, 0.3) is 0 Å². The monoisotopic (exact) mass is 362 g/mol. The van der Waals surface area contributed by atoms with Crippen LogP contribution in [0.1, 0.15) is 28.5 Å². The van der Waals surface area contributed by atoms with Crippen molar-refractivity contribution in [3.63, 3.8) is 0 Å². The van der Waals surface area contributed by atoms with Crippen LogP contribution in [-0.4, -0.2) is 45.3 Å². The molecule has 0 aliphatic carbocycles. The zero-order valence-corrected chi connectivity index (χ0v) is 15.0. The van der Waals surface area contributed by atoms with Crippen molar-refractivity contribution in [2.45, 2.75) is 18.9 Å². The summed E-state index contributed by atoms with van der Waals surface area (Å²) in [5.41, 5.74) is 1.63. The number of aromatic nitrogens is 4. The molecule has 0 atom stereocenters. The molecule has 0 saturated carbocycles. The van der Waals surface area contributed by atoms with E-state index < -0.39 is 0 Å². The lowest BCUT2D eigenvalue weighted by Gasteiger charge is -2.40. The summed E-state index contributed by atoms with van der Waals surface area (Å²) in [6.07, 6.45) is 8.92. The molecule has 0 aromatic carbocycles. The fourth-order valence-electron chi connectivity index (χ4n) is 3.13. The van der Waals surface area contributed by atoms with Crippen LogP contribution in [0, 0.1) is 0 Å². The van der Waals surface area contributed by atoms with Crippen molar-refractivity contribution in [3.05, 3.63) is 72.4 Å². The Bertz CT molecular complexity index is 857. The number of anilines is 1. The van der Waals surface area contributed by atoms with E-state index >= 15 is 0 Å². The van der Waals surface area contributed by atoms with Gasteiger partial charge < -0.3 is 10.2 Å². The molecule has 4 rings (SSSR count). The van der Waals surface area contributed by atoms with Crippen LogP contribution in [0.15, 0.2) is 61.2 Å². The number of nitrogens with zero attached hydrogens (tertiary/aromatic N) is 5. The lowest BCUT2D eigenvalue weighted by molar-refractivity contribution is 0.0953. The average Bonchev–Trinajstić information content (AvgIpc) is 3.19. The Morgan fingerprint density at radius 1 is 1.11 bits per heavy atom. The molecule has 138 valence electrons. The number of hydrogen-bond donors (Lipinski definition) is 1. The molecule has 27 heavy (non-hydrogen) atoms. The van der Waals surface area contributed by atoms with Gasteiger partial charge in [-0.1, -0.05) is 6.07 Å². The van der Waals surface area contributed by atoms with Gasteiger partial charge in [-0.25, -0.2) is 4.98 Å². The summed E-state index contributed by atoms with van der Waals surface area (Å²) >= 11 is 0. The molecule has 0 radical (unpaired) electrons. The van der Waals surface area contributed by atoms with Gasteiger partial charge in [0.15, 0.2) is 0 Å². The molecule has 1 N–H and O–H groups in total. The Morgan fingerprint density at radius 2 is 2.04 bits per heavy atom. The van der Waals surface area contributed by atoms with E-state index in [0.717, 1.165) is 37.4 Å². The third-order valence-corrected chi connectivity index (χ3v) is 4.72. The zero-order valence-electron chi connectivity index (χ0n) is 15.0. The molecule has 1 amide bonds. The van der Waals surface area contributed by atoms with Gasteiger partial charge in [-0.3, -0.25) is 14.5 Å². The number of nitrogens with one attached hydrogen (secondary N) is 1. The van der Waals surface area contributed by atoms with Crippen molar-refractivity contribution in [1.82, 2.24) is 25.1 Å². The number of rotatable bonds is 7. The van der Waals surface area contributed by atoms with Crippen molar-refractivity contribution >= 4 is 11.7 Å². The lowest BCUT2D eigenvalue weighted by Crippen LogP contribution is -2.48. The van der Waals surface area contributed by atoms with Crippen LogP contribution in [0.2, 0.25) is 0 Å². The van der Waals surface area contributed by atoms with Crippen LogP contribution in [-0.2, 0) is 6.42 Å². The topological polar surface area (TPSA) is 75.9 Å². The fraction of sp³-hybridized carbons (Fsp3) is 0.300. The van der Waals surface area contributed by atoms with E-state index in [4.69, 9.17) is 0 Å². The SMILES string of the molecule is O=C(NCCCc1ccccn1)c1ccc(N2CC(n3cccn3)C2)nc1. The van der Waals surface area contributed by atoms with Gasteiger partial charge in [-0.15, -0.1) is 0 Å². The van der Waals surface area contributed by atoms with Gasteiger partial charge in [-0.2, -0.15) is 5.10 Å². The Balaban J connectivity index is 1.22. The highest BCUT2D eigenvalue weighted by Gasteiger charge is 2.29. The molecule has 0 spiro atoms. The van der Waals surface area contributed by atoms with E-state index in [1.165, 1.54) is 0 Å². The highest BCUT2D eigenvalue weighted by Crippen LogP contribution is 2.25. The van der Waals surface area contributed by atoms with Crippen LogP contribution in [0.3, 0.4) is 0 Å². The summed E-state index contributed by atoms with van der Waals surface area (Å²) in [6, 6.07) is 11.9. The van der Waals surface area contributed by atoms with Gasteiger partial charge in [0.1, 0.15) is 5.82 Å². The van der Waals surface area contributed by atoms with E-state index in [2.05, 4.69) is 25.3 Å². The standard InChI is InChI=1S/C20H22N6O/c27-20(22-10-3-6-17-5-1-2-9-21-17)16-7-8-19(23-13-16)25-14-18(15-25)26-12-4-11-24-26/h1-2,4-5,7-9,11-13,18H,3,6,10,14-15H2,(H,22,27). The summed E-state index contributed by atoms with van der Waals surface area (Å²) in [6.45, 7) is 2.39. The molecule has 4 heterocycles. The Kier molecular flexibility index (Phi) is 5.09. The number of hydrogen-bond acceptors (Lipinski definition) is 5. The van der Waals surface area contributed by atoms with E-state index in [-0.39, 0.29) is 5.91 Å². The molecule has 7 heteroatoms. The van der Waals surface area contributed by atoms with E-state index in [1.807, 2.05) is 47.3 Å². The smallest absolute Gasteiger partial charge is 0.252 e. The van der Waals surface area contributed by atoms with Gasteiger partial charge in [0, 0.05) is 50.1 Å². The first kappa shape index (κ1) is 17.2. The maximum absolute atomic E-state index is 12.2. The summed E-state index contributed by atoms with van der Waals surface area (Å²) < 4.78 is 1.98. The molecule has 1 fully saturated rings. The van der Waals surface area contributed by atoms with Crippen molar-refractivity contribution in [2.24, 2.45) is 0 Å². The minimum atomic E-state index is -0.0897. The summed E-state index contributed by atoms with van der Waals surface area (Å²) in [4.78, 5) is 23.1. The zero-order chi connectivity index (χ0) is 18.5. The molecular formula is C20H22N6O. The normalized spacial score (nSPS) is 14.0. The molecular weight excluding hydrogens is 340 g/mol. The molecule has 3 aromatic rings. The second-order valence-electron chi connectivity index (χ2n) is 6.63. The molecule has 1 saturated heterocycles. The highest BCUT2D eigenvalue weighted by molar-refractivity contribution is 5.94. The van der Waals surface area contributed by atoms with Crippen molar-refractivity contribution < 1.29 is 4.79 Å². The van der Waals surface area contributed by atoms with Crippen LogP contribution >= 0.6 is 0 Å². The molecule has 0 bridgehead atoms. The predicted octanol–water partition coefficient (Wildman–Crippen LogP) is 2.10. The van der Waals surface area contributed by atoms with Crippen LogP contribution in [0.4, 0.5) is 5.82 Å². The highest BCUT2D eigenvalue weighted by atomic mass is 16.1. The molecule has 3 aromatic heterocycles. The van der Waals surface area contributed by atoms with Crippen molar-refractivity contribution in [3.8, 4) is 0 Å². The first-order chi connectivity index (χ1) is 13.3. The third-order valence-electron chi connectivity index (χ3n) is 4.72. The third kappa shape index (κ3) is 4.13. The van der Waals surface area contributed by atoms with Gasteiger partial charge in [0.25, 0.3) is 5.91 Å².